The molecule has 1 heterocycles. The first-order valence-corrected chi connectivity index (χ1v) is 14.9. The lowest BCUT2D eigenvalue weighted by molar-refractivity contribution is -0.118. The molecule has 0 spiro atoms. The Morgan fingerprint density at radius 3 is 2.14 bits per heavy atom. The lowest BCUT2D eigenvalue weighted by atomic mass is 9.95. The van der Waals surface area contributed by atoms with Crippen molar-refractivity contribution < 1.29 is 33.0 Å². The molecule has 222 valence electrons. The van der Waals surface area contributed by atoms with E-state index in [9.17, 15) is 33.0 Å². The molecule has 11 nitrogen and oxygen atoms in total. The van der Waals surface area contributed by atoms with Crippen LogP contribution >= 0.6 is 0 Å². The van der Waals surface area contributed by atoms with Crippen molar-refractivity contribution in [3.8, 4) is 5.75 Å². The van der Waals surface area contributed by atoms with Crippen molar-refractivity contribution in [2.75, 3.05) is 43.0 Å². The van der Waals surface area contributed by atoms with Gasteiger partial charge in [0, 0.05) is 49.7 Å². The number of primary amides is 1. The highest BCUT2D eigenvalue weighted by Gasteiger charge is 2.29. The highest BCUT2D eigenvalue weighted by atomic mass is 32.2. The number of hydrogen-bond acceptors (Lipinski definition) is 7. The van der Waals surface area contributed by atoms with Crippen LogP contribution in [-0.2, 0) is 14.8 Å². The van der Waals surface area contributed by atoms with E-state index in [1.54, 1.807) is 24.3 Å². The smallest absolute Gasteiger partial charge is 0.339 e. The minimum absolute atomic E-state index is 0.0513. The van der Waals surface area contributed by atoms with Gasteiger partial charge in [-0.05, 0) is 74.2 Å². The summed E-state index contributed by atoms with van der Waals surface area (Å²) in [6.45, 7) is 3.01. The number of amides is 2. The van der Waals surface area contributed by atoms with Gasteiger partial charge in [-0.25, -0.2) is 13.2 Å². The largest absolute Gasteiger partial charge is 0.507 e. The van der Waals surface area contributed by atoms with Crippen LogP contribution in [0.1, 0.15) is 39.1 Å². The second kappa shape index (κ2) is 12.6. The minimum Gasteiger partial charge on any atom is -0.507 e. The standard InChI is InChI=1S/C30H34N4O7S/c1-20-3-10-25(11-4-20)42(40,41)32(2)19-28(36)34(24-9-12-26(30(38)39)27(35)17-24)18-21-13-15-33(16-14-21)23-7-5-22(6-8-23)29(31)37/h3-12,17,21,35H,13-16,18-19H2,1-2H3,(H2,31,37)(H,38,39). The number of anilines is 2. The van der Waals surface area contributed by atoms with Crippen molar-refractivity contribution in [1.29, 1.82) is 0 Å². The number of phenols is 1. The van der Waals surface area contributed by atoms with Gasteiger partial charge >= 0.3 is 5.97 Å². The van der Waals surface area contributed by atoms with E-state index in [1.165, 1.54) is 42.3 Å². The number of benzene rings is 3. The number of hydrogen-bond donors (Lipinski definition) is 3. The van der Waals surface area contributed by atoms with Gasteiger partial charge in [0.1, 0.15) is 11.3 Å². The lowest BCUT2D eigenvalue weighted by Gasteiger charge is -2.36. The minimum atomic E-state index is -3.95. The summed E-state index contributed by atoms with van der Waals surface area (Å²) in [5.41, 5.74) is 7.57. The maximum atomic E-state index is 13.6. The van der Waals surface area contributed by atoms with E-state index in [-0.39, 0.29) is 28.6 Å². The van der Waals surface area contributed by atoms with E-state index in [0.29, 0.717) is 18.7 Å². The third-order valence-corrected chi connectivity index (χ3v) is 9.30. The number of carboxylic acid groups (broad SMARTS) is 1. The highest BCUT2D eigenvalue weighted by molar-refractivity contribution is 7.89. The summed E-state index contributed by atoms with van der Waals surface area (Å²) in [4.78, 5) is 40.1. The summed E-state index contributed by atoms with van der Waals surface area (Å²) < 4.78 is 27.3. The fraction of sp³-hybridized carbons (Fsp3) is 0.300. The molecule has 12 heteroatoms. The first-order chi connectivity index (χ1) is 19.9. The van der Waals surface area contributed by atoms with Gasteiger partial charge in [-0.1, -0.05) is 17.7 Å². The molecule has 1 saturated heterocycles. The van der Waals surface area contributed by atoms with Crippen molar-refractivity contribution in [1.82, 2.24) is 4.31 Å². The van der Waals surface area contributed by atoms with E-state index < -0.39 is 40.1 Å². The van der Waals surface area contributed by atoms with E-state index in [0.717, 1.165) is 28.4 Å². The van der Waals surface area contributed by atoms with E-state index >= 15 is 0 Å². The van der Waals surface area contributed by atoms with Gasteiger partial charge in [0.15, 0.2) is 0 Å². The van der Waals surface area contributed by atoms with Gasteiger partial charge in [-0.2, -0.15) is 4.31 Å². The third-order valence-electron chi connectivity index (χ3n) is 7.48. The van der Waals surface area contributed by atoms with Crippen molar-refractivity contribution in [3.05, 3.63) is 83.4 Å². The Hall–Kier alpha value is -4.42. The lowest BCUT2D eigenvalue weighted by Crippen LogP contribution is -2.45. The SMILES string of the molecule is Cc1ccc(S(=O)(=O)N(C)CC(=O)N(CC2CCN(c3ccc(C(N)=O)cc3)CC2)c2ccc(C(=O)O)c(O)c2)cc1. The number of likely N-dealkylation sites (N-methyl/N-ethyl adjacent to an activating group) is 1. The van der Waals surface area contributed by atoms with Gasteiger partial charge in [-0.3, -0.25) is 9.59 Å². The van der Waals surface area contributed by atoms with Gasteiger partial charge in [0.2, 0.25) is 21.8 Å². The Bertz CT molecular complexity index is 1570. The molecule has 1 fully saturated rings. The van der Waals surface area contributed by atoms with Crippen LogP contribution in [0.3, 0.4) is 0 Å². The molecule has 0 radical (unpaired) electrons. The van der Waals surface area contributed by atoms with Crippen LogP contribution in [0.25, 0.3) is 0 Å². The van der Waals surface area contributed by atoms with Crippen LogP contribution in [0.4, 0.5) is 11.4 Å². The molecular weight excluding hydrogens is 560 g/mol. The first-order valence-electron chi connectivity index (χ1n) is 13.4. The van der Waals surface area contributed by atoms with Crippen LogP contribution in [0.2, 0.25) is 0 Å². The first kappa shape index (κ1) is 30.5. The number of piperidine rings is 1. The Labute approximate surface area is 244 Å². The molecule has 0 bridgehead atoms. The van der Waals surface area contributed by atoms with Gasteiger partial charge in [-0.15, -0.1) is 0 Å². The highest BCUT2D eigenvalue weighted by Crippen LogP contribution is 2.29. The van der Waals surface area contributed by atoms with Crippen LogP contribution in [0, 0.1) is 12.8 Å². The number of carbonyl (C=O) groups is 3. The fourth-order valence-corrected chi connectivity index (χ4v) is 6.06. The van der Waals surface area contributed by atoms with Gasteiger partial charge < -0.3 is 25.7 Å². The number of carbonyl (C=O) groups excluding carboxylic acids is 2. The second-order valence-corrected chi connectivity index (χ2v) is 12.5. The molecule has 0 aliphatic carbocycles. The molecule has 0 atom stereocenters. The number of rotatable bonds is 10. The number of nitrogens with two attached hydrogens (primary N) is 1. The zero-order chi connectivity index (χ0) is 30.6. The summed E-state index contributed by atoms with van der Waals surface area (Å²) in [5.74, 6) is -2.76. The number of nitrogens with zero attached hydrogens (tertiary/aromatic N) is 3. The molecule has 1 aliphatic rings. The van der Waals surface area contributed by atoms with Crippen molar-refractivity contribution in [2.24, 2.45) is 11.7 Å². The van der Waals surface area contributed by atoms with Crippen molar-refractivity contribution >= 4 is 39.2 Å². The molecule has 0 saturated carbocycles. The second-order valence-electron chi connectivity index (χ2n) is 10.4. The predicted molar refractivity (Wildman–Crippen MR) is 158 cm³/mol. The summed E-state index contributed by atoms with van der Waals surface area (Å²) >= 11 is 0. The molecular formula is C30H34N4O7S. The maximum Gasteiger partial charge on any atom is 0.339 e. The molecule has 4 N–H and O–H groups in total. The average Bonchev–Trinajstić information content (AvgIpc) is 2.96. The van der Waals surface area contributed by atoms with E-state index in [2.05, 4.69) is 4.90 Å². The monoisotopic (exact) mass is 594 g/mol. The molecule has 3 aromatic rings. The fourth-order valence-electron chi connectivity index (χ4n) is 4.94. The summed E-state index contributed by atoms with van der Waals surface area (Å²) in [6.07, 6.45) is 1.44. The van der Waals surface area contributed by atoms with Gasteiger partial charge in [0.25, 0.3) is 0 Å². The van der Waals surface area contributed by atoms with Crippen LogP contribution < -0.4 is 15.5 Å². The molecule has 0 unspecified atom stereocenters. The molecule has 1 aliphatic heterocycles. The van der Waals surface area contributed by atoms with E-state index in [4.69, 9.17) is 5.73 Å². The summed E-state index contributed by atoms with van der Waals surface area (Å²) in [5, 5.41) is 19.7. The zero-order valence-corrected chi connectivity index (χ0v) is 24.3. The van der Waals surface area contributed by atoms with E-state index in [1.807, 2.05) is 19.1 Å². The maximum absolute atomic E-state index is 13.6. The van der Waals surface area contributed by atoms with Crippen LogP contribution in [0.15, 0.2) is 71.6 Å². The number of aromatic carboxylic acids is 1. The number of carboxylic acids is 1. The van der Waals surface area contributed by atoms with Gasteiger partial charge in [0.05, 0.1) is 11.4 Å². The molecule has 3 aromatic carbocycles. The Balaban J connectivity index is 1.52. The van der Waals surface area contributed by atoms with Crippen molar-refractivity contribution in [3.63, 3.8) is 0 Å². The topological polar surface area (TPSA) is 162 Å². The number of sulfonamides is 1. The molecule has 2 amide bonds. The van der Waals surface area contributed by atoms with Crippen molar-refractivity contribution in [2.45, 2.75) is 24.7 Å². The number of aryl methyl sites for hydroxylation is 1. The summed E-state index contributed by atoms with van der Waals surface area (Å²) in [7, 11) is -2.62. The van der Waals surface area contributed by atoms with Crippen LogP contribution in [-0.4, -0.2) is 73.9 Å². The Morgan fingerprint density at radius 2 is 1.60 bits per heavy atom. The molecule has 4 rings (SSSR count). The predicted octanol–water partition coefficient (Wildman–Crippen LogP) is 3.07. The Kier molecular flexibility index (Phi) is 9.17. The zero-order valence-electron chi connectivity index (χ0n) is 23.4. The third kappa shape index (κ3) is 6.89. The molecule has 0 aromatic heterocycles. The quantitative estimate of drug-likeness (QED) is 0.323. The van der Waals surface area contributed by atoms with Crippen LogP contribution in [0.5, 0.6) is 5.75 Å². The average molecular weight is 595 g/mol. The Morgan fingerprint density at radius 1 is 0.976 bits per heavy atom. The normalized spacial score (nSPS) is 14.1. The number of aromatic hydroxyl groups is 1. The molecule has 42 heavy (non-hydrogen) atoms. The summed E-state index contributed by atoms with van der Waals surface area (Å²) in [6, 6.07) is 17.2.